The standard InChI is InChI=1S/C13H15N2O2/c1-14-8-9-15(10-14)12(13(16)17-2)11-6-4-3-5-7-11/h3-10,12H,1-2H3/q+1/t12-/m0/s1. The molecule has 0 amide bonds. The molecule has 0 saturated heterocycles. The minimum Gasteiger partial charge on any atom is -0.466 e. The number of hydrogen-bond acceptors (Lipinski definition) is 2. The van der Waals surface area contributed by atoms with Gasteiger partial charge in [0.1, 0.15) is 12.4 Å². The van der Waals surface area contributed by atoms with Crippen molar-refractivity contribution in [2.75, 3.05) is 7.11 Å². The molecule has 0 unspecified atom stereocenters. The Balaban J connectivity index is 2.42. The summed E-state index contributed by atoms with van der Waals surface area (Å²) < 4.78 is 8.58. The van der Waals surface area contributed by atoms with E-state index in [1.807, 2.05) is 65.2 Å². The van der Waals surface area contributed by atoms with Crippen LogP contribution in [0.1, 0.15) is 11.6 Å². The molecule has 1 aromatic carbocycles. The maximum Gasteiger partial charge on any atom is 0.356 e. The predicted molar refractivity (Wildman–Crippen MR) is 62.2 cm³/mol. The second-order valence-corrected chi connectivity index (χ2v) is 3.86. The summed E-state index contributed by atoms with van der Waals surface area (Å²) >= 11 is 0. The van der Waals surface area contributed by atoms with Crippen LogP contribution in [0.3, 0.4) is 0 Å². The number of esters is 1. The number of carbonyl (C=O) groups excluding carboxylic acids is 1. The van der Waals surface area contributed by atoms with Crippen LogP contribution in [0.4, 0.5) is 0 Å². The second kappa shape index (κ2) is 4.82. The van der Waals surface area contributed by atoms with Crippen LogP contribution in [0.15, 0.2) is 49.1 Å². The van der Waals surface area contributed by atoms with Gasteiger partial charge in [-0.25, -0.2) is 13.9 Å². The molecule has 88 valence electrons. The van der Waals surface area contributed by atoms with Crippen LogP contribution in [-0.4, -0.2) is 17.6 Å². The van der Waals surface area contributed by atoms with Crippen molar-refractivity contribution >= 4 is 5.97 Å². The van der Waals surface area contributed by atoms with Crippen molar-refractivity contribution in [1.29, 1.82) is 0 Å². The van der Waals surface area contributed by atoms with Crippen LogP contribution >= 0.6 is 0 Å². The van der Waals surface area contributed by atoms with Crippen molar-refractivity contribution in [2.45, 2.75) is 6.04 Å². The first-order valence-electron chi connectivity index (χ1n) is 5.38. The first-order valence-corrected chi connectivity index (χ1v) is 5.38. The molecule has 0 aliphatic rings. The third kappa shape index (κ3) is 2.36. The van der Waals surface area contributed by atoms with Crippen molar-refractivity contribution in [3.8, 4) is 0 Å². The molecule has 0 aliphatic carbocycles. The van der Waals surface area contributed by atoms with Gasteiger partial charge in [0.15, 0.2) is 0 Å². The lowest BCUT2D eigenvalue weighted by atomic mass is 10.1. The number of aryl methyl sites for hydroxylation is 1. The Bertz CT molecular complexity index is 505. The van der Waals surface area contributed by atoms with E-state index in [4.69, 9.17) is 4.74 Å². The van der Waals surface area contributed by atoms with Gasteiger partial charge in [0.2, 0.25) is 12.4 Å². The molecule has 1 atom stereocenters. The molecule has 0 radical (unpaired) electrons. The van der Waals surface area contributed by atoms with Gasteiger partial charge in [-0.1, -0.05) is 30.3 Å². The molecule has 4 nitrogen and oxygen atoms in total. The molecule has 2 aromatic rings. The Kier molecular flexibility index (Phi) is 3.23. The quantitative estimate of drug-likeness (QED) is 0.585. The van der Waals surface area contributed by atoms with E-state index in [1.165, 1.54) is 7.11 Å². The Morgan fingerprint density at radius 3 is 2.59 bits per heavy atom. The number of benzene rings is 1. The lowest BCUT2D eigenvalue weighted by Gasteiger charge is -2.11. The number of hydrogen-bond donors (Lipinski definition) is 0. The molecule has 17 heavy (non-hydrogen) atoms. The molecular weight excluding hydrogens is 216 g/mol. The monoisotopic (exact) mass is 231 g/mol. The highest BCUT2D eigenvalue weighted by Crippen LogP contribution is 2.18. The fraction of sp³-hybridized carbons (Fsp3) is 0.231. The number of ether oxygens (including phenoxy) is 1. The van der Waals surface area contributed by atoms with Gasteiger partial charge in [0, 0.05) is 5.56 Å². The summed E-state index contributed by atoms with van der Waals surface area (Å²) in [6.45, 7) is 0. The van der Waals surface area contributed by atoms with Crippen LogP contribution in [0.25, 0.3) is 0 Å². The largest absolute Gasteiger partial charge is 0.466 e. The number of methoxy groups -OCH3 is 1. The van der Waals surface area contributed by atoms with E-state index in [-0.39, 0.29) is 5.97 Å². The number of imidazole rings is 1. The van der Waals surface area contributed by atoms with Gasteiger partial charge in [-0.3, -0.25) is 0 Å². The number of nitrogens with zero attached hydrogens (tertiary/aromatic N) is 2. The smallest absolute Gasteiger partial charge is 0.356 e. The van der Waals surface area contributed by atoms with Gasteiger partial charge in [-0.05, 0) is 0 Å². The van der Waals surface area contributed by atoms with Gasteiger partial charge in [-0.2, -0.15) is 0 Å². The topological polar surface area (TPSA) is 35.1 Å². The molecule has 1 heterocycles. The van der Waals surface area contributed by atoms with Crippen LogP contribution < -0.4 is 4.57 Å². The molecule has 0 fully saturated rings. The van der Waals surface area contributed by atoms with Crippen molar-refractivity contribution in [1.82, 2.24) is 4.57 Å². The zero-order valence-electron chi connectivity index (χ0n) is 9.91. The minimum atomic E-state index is -0.428. The molecule has 0 bridgehead atoms. The average molecular weight is 231 g/mol. The highest BCUT2D eigenvalue weighted by molar-refractivity contribution is 5.77. The molecule has 1 aromatic heterocycles. The molecule has 0 aliphatic heterocycles. The van der Waals surface area contributed by atoms with Gasteiger partial charge >= 0.3 is 5.97 Å². The highest BCUT2D eigenvalue weighted by Gasteiger charge is 2.27. The molecular formula is C13H15N2O2+. The number of rotatable bonds is 3. The minimum absolute atomic E-state index is 0.271. The fourth-order valence-corrected chi connectivity index (χ4v) is 1.80. The Hall–Kier alpha value is -2.10. The molecule has 0 spiro atoms. The second-order valence-electron chi connectivity index (χ2n) is 3.86. The molecule has 0 saturated carbocycles. The summed E-state index contributed by atoms with van der Waals surface area (Å²) in [4.78, 5) is 11.9. The third-order valence-electron chi connectivity index (χ3n) is 2.63. The number of aromatic nitrogens is 2. The zero-order valence-corrected chi connectivity index (χ0v) is 9.91. The summed E-state index contributed by atoms with van der Waals surface area (Å²) in [6, 6.07) is 9.16. The van der Waals surface area contributed by atoms with E-state index in [2.05, 4.69) is 0 Å². The van der Waals surface area contributed by atoms with E-state index < -0.39 is 6.04 Å². The maximum atomic E-state index is 11.9. The van der Waals surface area contributed by atoms with Crippen molar-refractivity contribution in [3.05, 3.63) is 54.6 Å². The molecule has 0 N–H and O–H groups in total. The average Bonchev–Trinajstić information content (AvgIpc) is 2.77. The lowest BCUT2D eigenvalue weighted by molar-refractivity contribution is -0.671. The van der Waals surface area contributed by atoms with Crippen LogP contribution in [-0.2, 0) is 16.6 Å². The highest BCUT2D eigenvalue weighted by atomic mass is 16.5. The van der Waals surface area contributed by atoms with Crippen LogP contribution in [0, 0.1) is 0 Å². The SMILES string of the molecule is COC(=O)[C@H](c1ccccc1)n1cc[n+](C)c1. The Morgan fingerprint density at radius 1 is 1.35 bits per heavy atom. The lowest BCUT2D eigenvalue weighted by Crippen LogP contribution is -2.27. The van der Waals surface area contributed by atoms with E-state index in [0.29, 0.717) is 0 Å². The van der Waals surface area contributed by atoms with Gasteiger partial charge < -0.3 is 4.74 Å². The van der Waals surface area contributed by atoms with Crippen molar-refractivity contribution in [3.63, 3.8) is 0 Å². The first kappa shape index (κ1) is 11.4. The van der Waals surface area contributed by atoms with Crippen LogP contribution in [0.2, 0.25) is 0 Å². The van der Waals surface area contributed by atoms with E-state index in [1.54, 1.807) is 0 Å². The maximum absolute atomic E-state index is 11.9. The fourth-order valence-electron chi connectivity index (χ4n) is 1.80. The van der Waals surface area contributed by atoms with Gasteiger partial charge in [0.25, 0.3) is 0 Å². The van der Waals surface area contributed by atoms with Gasteiger partial charge in [0.05, 0.1) is 14.2 Å². The van der Waals surface area contributed by atoms with E-state index in [0.717, 1.165) is 5.56 Å². The summed E-state index contributed by atoms with van der Waals surface area (Å²) in [6.07, 6.45) is 5.60. The summed E-state index contributed by atoms with van der Waals surface area (Å²) in [7, 11) is 3.32. The van der Waals surface area contributed by atoms with Crippen molar-refractivity contribution in [2.24, 2.45) is 7.05 Å². The summed E-state index contributed by atoms with van der Waals surface area (Å²) in [5.41, 5.74) is 0.913. The zero-order chi connectivity index (χ0) is 12.3. The van der Waals surface area contributed by atoms with Crippen molar-refractivity contribution < 1.29 is 14.1 Å². The van der Waals surface area contributed by atoms with E-state index in [9.17, 15) is 4.79 Å². The Labute approximate surface area is 100 Å². The van der Waals surface area contributed by atoms with Crippen LogP contribution in [0.5, 0.6) is 0 Å². The summed E-state index contributed by atoms with van der Waals surface area (Å²) in [5.74, 6) is -0.271. The Morgan fingerprint density at radius 2 is 2.06 bits per heavy atom. The number of carbonyl (C=O) groups is 1. The molecule has 2 rings (SSSR count). The first-order chi connectivity index (χ1) is 8.22. The molecule has 4 heteroatoms. The van der Waals surface area contributed by atoms with Gasteiger partial charge in [-0.15, -0.1) is 0 Å². The normalized spacial score (nSPS) is 12.1. The van der Waals surface area contributed by atoms with E-state index >= 15 is 0 Å². The third-order valence-corrected chi connectivity index (χ3v) is 2.63. The summed E-state index contributed by atoms with van der Waals surface area (Å²) in [5, 5.41) is 0. The predicted octanol–water partition coefficient (Wildman–Crippen LogP) is 1.07.